The SMILES string of the molecule is Cc1c(F)cc(N)cc1S(=O)(=O)Nc1cccc(O)c1. The highest BCUT2D eigenvalue weighted by Gasteiger charge is 2.20. The molecule has 106 valence electrons. The first-order valence-corrected chi connectivity index (χ1v) is 7.15. The Kier molecular flexibility index (Phi) is 3.54. The summed E-state index contributed by atoms with van der Waals surface area (Å²) in [5.41, 5.74) is 5.64. The van der Waals surface area contributed by atoms with Crippen LogP contribution in [0.5, 0.6) is 5.75 Å². The van der Waals surface area contributed by atoms with E-state index in [0.717, 1.165) is 6.07 Å². The predicted molar refractivity (Wildman–Crippen MR) is 74.5 cm³/mol. The Morgan fingerprint density at radius 3 is 2.60 bits per heavy atom. The normalized spacial score (nSPS) is 11.3. The molecule has 0 saturated heterocycles. The Morgan fingerprint density at radius 1 is 1.25 bits per heavy atom. The number of sulfonamides is 1. The molecule has 0 bridgehead atoms. The van der Waals surface area contributed by atoms with Crippen LogP contribution in [0.4, 0.5) is 15.8 Å². The van der Waals surface area contributed by atoms with Gasteiger partial charge in [-0.05, 0) is 31.2 Å². The average molecular weight is 296 g/mol. The second-order valence-electron chi connectivity index (χ2n) is 4.28. The smallest absolute Gasteiger partial charge is 0.262 e. The van der Waals surface area contributed by atoms with Gasteiger partial charge in [0.15, 0.2) is 0 Å². The fourth-order valence-electron chi connectivity index (χ4n) is 1.73. The Hall–Kier alpha value is -2.28. The van der Waals surface area contributed by atoms with Crippen LogP contribution in [-0.4, -0.2) is 13.5 Å². The van der Waals surface area contributed by atoms with Gasteiger partial charge in [0, 0.05) is 17.3 Å². The summed E-state index contributed by atoms with van der Waals surface area (Å²) in [6.45, 7) is 1.35. The third-order valence-corrected chi connectivity index (χ3v) is 4.21. The van der Waals surface area contributed by atoms with E-state index < -0.39 is 15.8 Å². The summed E-state index contributed by atoms with van der Waals surface area (Å²) in [5, 5.41) is 9.31. The molecule has 0 aliphatic heterocycles. The zero-order chi connectivity index (χ0) is 14.9. The van der Waals surface area contributed by atoms with Crippen LogP contribution in [0.15, 0.2) is 41.3 Å². The third-order valence-electron chi connectivity index (χ3n) is 2.71. The highest BCUT2D eigenvalue weighted by Crippen LogP contribution is 2.25. The van der Waals surface area contributed by atoms with Crippen LogP contribution in [-0.2, 0) is 10.0 Å². The van der Waals surface area contributed by atoms with Crippen LogP contribution in [0.2, 0.25) is 0 Å². The molecule has 0 aliphatic carbocycles. The molecule has 7 heteroatoms. The number of anilines is 2. The van der Waals surface area contributed by atoms with E-state index in [1.54, 1.807) is 0 Å². The molecule has 0 fully saturated rings. The van der Waals surface area contributed by atoms with Crippen LogP contribution in [0.25, 0.3) is 0 Å². The summed E-state index contributed by atoms with van der Waals surface area (Å²) in [7, 11) is -3.99. The minimum absolute atomic E-state index is 0.0179. The number of phenols is 1. The third kappa shape index (κ3) is 2.83. The highest BCUT2D eigenvalue weighted by atomic mass is 32.2. The summed E-state index contributed by atoms with van der Waals surface area (Å²) in [6, 6.07) is 7.85. The molecule has 2 rings (SSSR count). The number of rotatable bonds is 3. The molecule has 0 atom stereocenters. The first kappa shape index (κ1) is 14.1. The van der Waals surface area contributed by atoms with Gasteiger partial charge in [-0.2, -0.15) is 0 Å². The lowest BCUT2D eigenvalue weighted by Gasteiger charge is -2.12. The standard InChI is InChI=1S/C13H13FN2O3S/c1-8-12(14)5-9(15)6-13(8)20(18,19)16-10-3-2-4-11(17)7-10/h2-7,16-17H,15H2,1H3. The molecule has 20 heavy (non-hydrogen) atoms. The molecule has 0 amide bonds. The van der Waals surface area contributed by atoms with Crippen LogP contribution < -0.4 is 10.5 Å². The molecule has 0 radical (unpaired) electrons. The zero-order valence-corrected chi connectivity index (χ0v) is 11.4. The van der Waals surface area contributed by atoms with Crippen molar-refractivity contribution in [3.8, 4) is 5.75 Å². The maximum Gasteiger partial charge on any atom is 0.262 e. The van der Waals surface area contributed by atoms with Crippen molar-refractivity contribution in [2.24, 2.45) is 0 Å². The van der Waals surface area contributed by atoms with Crippen molar-refractivity contribution in [3.05, 3.63) is 47.8 Å². The number of aromatic hydroxyl groups is 1. The summed E-state index contributed by atoms with van der Waals surface area (Å²) < 4.78 is 40.3. The topological polar surface area (TPSA) is 92.4 Å². The van der Waals surface area contributed by atoms with Gasteiger partial charge >= 0.3 is 0 Å². The molecule has 0 heterocycles. The van der Waals surface area contributed by atoms with Crippen molar-refractivity contribution in [1.29, 1.82) is 0 Å². The van der Waals surface area contributed by atoms with Gasteiger partial charge in [-0.25, -0.2) is 12.8 Å². The van der Waals surface area contributed by atoms with Gasteiger partial charge in [0.1, 0.15) is 11.6 Å². The fourth-order valence-corrected chi connectivity index (χ4v) is 3.07. The van der Waals surface area contributed by atoms with Gasteiger partial charge in [0.2, 0.25) is 0 Å². The van der Waals surface area contributed by atoms with E-state index in [9.17, 15) is 17.9 Å². The second-order valence-corrected chi connectivity index (χ2v) is 5.93. The molecule has 0 spiro atoms. The minimum Gasteiger partial charge on any atom is -0.508 e. The largest absolute Gasteiger partial charge is 0.508 e. The van der Waals surface area contributed by atoms with Gasteiger partial charge in [-0.15, -0.1) is 0 Å². The van der Waals surface area contributed by atoms with E-state index in [-0.39, 0.29) is 27.6 Å². The summed E-state index contributed by atoms with van der Waals surface area (Å²) in [5.74, 6) is -0.776. The Bertz CT molecular complexity index is 760. The molecule has 0 aromatic heterocycles. The lowest BCUT2D eigenvalue weighted by atomic mass is 10.2. The molecule has 2 aromatic rings. The molecular formula is C13H13FN2O3S. The second kappa shape index (κ2) is 5.01. The lowest BCUT2D eigenvalue weighted by molar-refractivity contribution is 0.475. The van der Waals surface area contributed by atoms with Crippen LogP contribution >= 0.6 is 0 Å². The van der Waals surface area contributed by atoms with E-state index in [1.807, 2.05) is 0 Å². The van der Waals surface area contributed by atoms with Gasteiger partial charge in [0.05, 0.1) is 10.6 Å². The maximum absolute atomic E-state index is 13.6. The molecule has 0 aliphatic rings. The Morgan fingerprint density at radius 2 is 1.95 bits per heavy atom. The molecule has 2 aromatic carbocycles. The zero-order valence-electron chi connectivity index (χ0n) is 10.6. The highest BCUT2D eigenvalue weighted by molar-refractivity contribution is 7.92. The van der Waals surface area contributed by atoms with Crippen LogP contribution in [0.3, 0.4) is 0 Å². The van der Waals surface area contributed by atoms with Crippen molar-refractivity contribution < 1.29 is 17.9 Å². The lowest BCUT2D eigenvalue weighted by Crippen LogP contribution is -2.15. The number of nitrogens with two attached hydrogens (primary N) is 1. The molecular weight excluding hydrogens is 283 g/mol. The number of phenolic OH excluding ortho intramolecular Hbond substituents is 1. The Labute approximate surface area is 115 Å². The van der Waals surface area contributed by atoms with E-state index in [0.29, 0.717) is 0 Å². The van der Waals surface area contributed by atoms with Crippen molar-refractivity contribution in [2.45, 2.75) is 11.8 Å². The van der Waals surface area contributed by atoms with Crippen LogP contribution in [0.1, 0.15) is 5.56 Å². The summed E-state index contributed by atoms with van der Waals surface area (Å²) in [6.07, 6.45) is 0. The number of nitrogen functional groups attached to an aromatic ring is 1. The quantitative estimate of drug-likeness (QED) is 0.757. The summed E-state index contributed by atoms with van der Waals surface area (Å²) >= 11 is 0. The molecule has 0 saturated carbocycles. The molecule has 5 nitrogen and oxygen atoms in total. The average Bonchev–Trinajstić information content (AvgIpc) is 2.33. The summed E-state index contributed by atoms with van der Waals surface area (Å²) in [4.78, 5) is -0.238. The van der Waals surface area contributed by atoms with Crippen molar-refractivity contribution >= 4 is 21.4 Å². The molecule has 4 N–H and O–H groups in total. The van der Waals surface area contributed by atoms with Gasteiger partial charge < -0.3 is 10.8 Å². The van der Waals surface area contributed by atoms with Gasteiger partial charge in [0.25, 0.3) is 10.0 Å². The van der Waals surface area contributed by atoms with Crippen molar-refractivity contribution in [1.82, 2.24) is 0 Å². The van der Waals surface area contributed by atoms with Crippen LogP contribution in [0, 0.1) is 12.7 Å². The minimum atomic E-state index is -3.99. The predicted octanol–water partition coefficient (Wildman–Crippen LogP) is 2.22. The number of nitrogens with one attached hydrogen (secondary N) is 1. The van der Waals surface area contributed by atoms with E-state index in [1.165, 1.54) is 37.3 Å². The van der Waals surface area contributed by atoms with Gasteiger partial charge in [-0.3, -0.25) is 4.72 Å². The maximum atomic E-state index is 13.6. The number of hydrogen-bond donors (Lipinski definition) is 3. The first-order chi connectivity index (χ1) is 9.29. The van der Waals surface area contributed by atoms with E-state index >= 15 is 0 Å². The van der Waals surface area contributed by atoms with Crippen molar-refractivity contribution in [3.63, 3.8) is 0 Å². The van der Waals surface area contributed by atoms with E-state index in [4.69, 9.17) is 5.73 Å². The van der Waals surface area contributed by atoms with E-state index in [2.05, 4.69) is 4.72 Å². The number of hydrogen-bond acceptors (Lipinski definition) is 4. The Balaban J connectivity index is 2.46. The monoisotopic (exact) mass is 296 g/mol. The number of benzene rings is 2. The van der Waals surface area contributed by atoms with Gasteiger partial charge in [-0.1, -0.05) is 6.07 Å². The van der Waals surface area contributed by atoms with Crippen molar-refractivity contribution in [2.75, 3.05) is 10.5 Å². The molecule has 0 unspecified atom stereocenters. The fraction of sp³-hybridized carbons (Fsp3) is 0.0769. The first-order valence-electron chi connectivity index (χ1n) is 5.67. The number of halogens is 1.